The molecule has 0 spiro atoms. The van der Waals surface area contributed by atoms with Gasteiger partial charge in [0.2, 0.25) is 0 Å². The fourth-order valence-electron chi connectivity index (χ4n) is 2.35. The molecule has 0 heterocycles. The van der Waals surface area contributed by atoms with E-state index in [1.54, 1.807) is 0 Å². The van der Waals surface area contributed by atoms with Crippen LogP contribution in [0, 0.1) is 17.5 Å². The van der Waals surface area contributed by atoms with Gasteiger partial charge in [-0.05, 0) is 24.1 Å². The van der Waals surface area contributed by atoms with Crippen LogP contribution in [0.3, 0.4) is 0 Å². The summed E-state index contributed by atoms with van der Waals surface area (Å²) in [6.07, 6.45) is 1.05. The molecular formula is C19H18F3NO2. The average Bonchev–Trinajstić information content (AvgIpc) is 2.60. The van der Waals surface area contributed by atoms with Gasteiger partial charge in [0.25, 0.3) is 0 Å². The van der Waals surface area contributed by atoms with Crippen LogP contribution in [0.4, 0.5) is 13.2 Å². The second kappa shape index (κ2) is 8.37. The van der Waals surface area contributed by atoms with Crippen LogP contribution in [0.1, 0.15) is 24.1 Å². The molecular weight excluding hydrogens is 331 g/mol. The maximum atomic E-state index is 13.9. The van der Waals surface area contributed by atoms with E-state index in [4.69, 9.17) is 0 Å². The molecule has 0 saturated heterocycles. The number of hydrogen-bond acceptors (Lipinski definition) is 3. The number of benzene rings is 2. The third-order valence-electron chi connectivity index (χ3n) is 3.66. The maximum Gasteiger partial charge on any atom is 0.332 e. The minimum atomic E-state index is -1.26. The lowest BCUT2D eigenvalue weighted by Crippen LogP contribution is -2.21. The van der Waals surface area contributed by atoms with Crippen molar-refractivity contribution in [1.82, 2.24) is 5.32 Å². The molecule has 3 nitrogen and oxygen atoms in total. The number of rotatable bonds is 6. The van der Waals surface area contributed by atoms with Gasteiger partial charge in [-0.15, -0.1) is 0 Å². The third kappa shape index (κ3) is 5.11. The standard InChI is InChI=1S/C19H18F3NO2/c1-12(13-6-4-3-5-7-13)23-15(10-19(24)25-2)8-14-9-17(21)18(22)11-16(14)20/h3-7,9-12,23H,8H2,1-2H3/t12-/m1/s1. The van der Waals surface area contributed by atoms with E-state index in [-0.39, 0.29) is 18.0 Å². The molecule has 132 valence electrons. The normalized spacial score (nSPS) is 12.6. The molecule has 0 aromatic heterocycles. The van der Waals surface area contributed by atoms with E-state index in [9.17, 15) is 18.0 Å². The molecule has 0 amide bonds. The van der Waals surface area contributed by atoms with Crippen LogP contribution in [-0.4, -0.2) is 13.1 Å². The summed E-state index contributed by atoms with van der Waals surface area (Å²) in [5.41, 5.74) is 1.21. The van der Waals surface area contributed by atoms with Crippen LogP contribution in [0.5, 0.6) is 0 Å². The summed E-state index contributed by atoms with van der Waals surface area (Å²) in [5.74, 6) is -3.93. The summed E-state index contributed by atoms with van der Waals surface area (Å²) < 4.78 is 45.0. The van der Waals surface area contributed by atoms with Crippen LogP contribution in [0.15, 0.2) is 54.2 Å². The van der Waals surface area contributed by atoms with E-state index in [0.29, 0.717) is 11.8 Å². The Bertz CT molecular complexity index is 776. The molecule has 0 aliphatic carbocycles. The van der Waals surface area contributed by atoms with Gasteiger partial charge in [0.15, 0.2) is 11.6 Å². The van der Waals surface area contributed by atoms with Crippen molar-refractivity contribution in [3.05, 3.63) is 82.8 Å². The number of methoxy groups -OCH3 is 1. The van der Waals surface area contributed by atoms with Crippen molar-refractivity contribution in [1.29, 1.82) is 0 Å². The zero-order valence-electron chi connectivity index (χ0n) is 13.9. The highest BCUT2D eigenvalue weighted by Gasteiger charge is 2.14. The molecule has 6 heteroatoms. The van der Waals surface area contributed by atoms with Gasteiger partial charge in [-0.25, -0.2) is 18.0 Å². The average molecular weight is 349 g/mol. The predicted octanol–water partition coefficient (Wildman–Crippen LogP) is 4.05. The first-order valence-corrected chi connectivity index (χ1v) is 7.64. The van der Waals surface area contributed by atoms with Gasteiger partial charge in [0.1, 0.15) is 5.82 Å². The van der Waals surface area contributed by atoms with Gasteiger partial charge in [0.05, 0.1) is 7.11 Å². The van der Waals surface area contributed by atoms with Gasteiger partial charge >= 0.3 is 5.97 Å². The first kappa shape index (κ1) is 18.6. The predicted molar refractivity (Wildman–Crippen MR) is 88.1 cm³/mol. The molecule has 1 N–H and O–H groups in total. The van der Waals surface area contributed by atoms with Crippen molar-refractivity contribution in [3.8, 4) is 0 Å². The molecule has 2 rings (SSSR count). The minimum Gasteiger partial charge on any atom is -0.466 e. The van der Waals surface area contributed by atoms with Crippen LogP contribution in [0.25, 0.3) is 0 Å². The van der Waals surface area contributed by atoms with Crippen molar-refractivity contribution < 1.29 is 22.7 Å². The number of ether oxygens (including phenoxy) is 1. The number of esters is 1. The summed E-state index contributed by atoms with van der Waals surface area (Å²) in [4.78, 5) is 11.6. The van der Waals surface area contributed by atoms with Crippen molar-refractivity contribution in [2.45, 2.75) is 19.4 Å². The van der Waals surface area contributed by atoms with Crippen molar-refractivity contribution in [2.75, 3.05) is 7.11 Å². The monoisotopic (exact) mass is 349 g/mol. The molecule has 0 unspecified atom stereocenters. The zero-order chi connectivity index (χ0) is 18.4. The van der Waals surface area contributed by atoms with Crippen LogP contribution in [-0.2, 0) is 16.0 Å². The van der Waals surface area contributed by atoms with Gasteiger partial charge in [-0.3, -0.25) is 0 Å². The molecule has 0 radical (unpaired) electrons. The molecule has 1 atom stereocenters. The maximum absolute atomic E-state index is 13.9. The SMILES string of the molecule is COC(=O)C=C(Cc1cc(F)c(F)cc1F)N[C@H](C)c1ccccc1. The Morgan fingerprint density at radius 1 is 1.12 bits per heavy atom. The van der Waals surface area contributed by atoms with Gasteiger partial charge in [-0.1, -0.05) is 30.3 Å². The highest BCUT2D eigenvalue weighted by molar-refractivity contribution is 5.82. The Hall–Kier alpha value is -2.76. The first-order chi connectivity index (χ1) is 11.9. The Kier molecular flexibility index (Phi) is 6.22. The molecule has 2 aromatic carbocycles. The number of carbonyl (C=O) groups excluding carboxylic acids is 1. The number of allylic oxidation sites excluding steroid dienone is 1. The molecule has 0 aliphatic rings. The Labute approximate surface area is 144 Å². The van der Waals surface area contributed by atoms with E-state index >= 15 is 0 Å². The second-order valence-electron chi connectivity index (χ2n) is 5.50. The number of hydrogen-bond donors (Lipinski definition) is 1. The first-order valence-electron chi connectivity index (χ1n) is 7.64. The largest absolute Gasteiger partial charge is 0.466 e. The van der Waals surface area contributed by atoms with E-state index in [1.165, 1.54) is 13.2 Å². The van der Waals surface area contributed by atoms with Crippen molar-refractivity contribution in [2.24, 2.45) is 0 Å². The number of carbonyl (C=O) groups is 1. The smallest absolute Gasteiger partial charge is 0.332 e. The molecule has 0 bridgehead atoms. The summed E-state index contributed by atoms with van der Waals surface area (Å²) in [6, 6.07) is 10.5. The molecule has 0 aliphatic heterocycles. The second-order valence-corrected chi connectivity index (χ2v) is 5.50. The van der Waals surface area contributed by atoms with E-state index < -0.39 is 23.4 Å². The molecule has 2 aromatic rings. The highest BCUT2D eigenvalue weighted by atomic mass is 19.2. The quantitative estimate of drug-likeness (QED) is 0.486. The van der Waals surface area contributed by atoms with E-state index in [2.05, 4.69) is 10.1 Å². The number of halogens is 3. The van der Waals surface area contributed by atoms with E-state index in [1.807, 2.05) is 37.3 Å². The lowest BCUT2D eigenvalue weighted by atomic mass is 10.1. The highest BCUT2D eigenvalue weighted by Crippen LogP contribution is 2.19. The van der Waals surface area contributed by atoms with Gasteiger partial charge in [0, 0.05) is 30.3 Å². The summed E-state index contributed by atoms with van der Waals surface area (Å²) in [5, 5.41) is 3.09. The summed E-state index contributed by atoms with van der Waals surface area (Å²) in [6.45, 7) is 1.86. The fourth-order valence-corrected chi connectivity index (χ4v) is 2.35. The lowest BCUT2D eigenvalue weighted by molar-refractivity contribution is -0.134. The summed E-state index contributed by atoms with van der Waals surface area (Å²) >= 11 is 0. The summed E-state index contributed by atoms with van der Waals surface area (Å²) in [7, 11) is 1.22. The zero-order valence-corrected chi connectivity index (χ0v) is 13.9. The molecule has 25 heavy (non-hydrogen) atoms. The van der Waals surface area contributed by atoms with Crippen LogP contribution >= 0.6 is 0 Å². The number of nitrogens with one attached hydrogen (secondary N) is 1. The minimum absolute atomic E-state index is 0.0678. The Balaban J connectivity index is 2.26. The third-order valence-corrected chi connectivity index (χ3v) is 3.66. The molecule has 0 fully saturated rings. The lowest BCUT2D eigenvalue weighted by Gasteiger charge is -2.19. The van der Waals surface area contributed by atoms with Crippen LogP contribution < -0.4 is 5.32 Å². The van der Waals surface area contributed by atoms with Crippen molar-refractivity contribution >= 4 is 5.97 Å². The topological polar surface area (TPSA) is 38.3 Å². The van der Waals surface area contributed by atoms with Crippen molar-refractivity contribution in [3.63, 3.8) is 0 Å². The van der Waals surface area contributed by atoms with Gasteiger partial charge < -0.3 is 10.1 Å². The fraction of sp³-hybridized carbons (Fsp3) is 0.211. The van der Waals surface area contributed by atoms with Gasteiger partial charge in [-0.2, -0.15) is 0 Å². The van der Waals surface area contributed by atoms with E-state index in [0.717, 1.165) is 11.6 Å². The molecule has 0 saturated carbocycles. The Morgan fingerprint density at radius 3 is 2.40 bits per heavy atom. The van der Waals surface area contributed by atoms with Crippen LogP contribution in [0.2, 0.25) is 0 Å². The Morgan fingerprint density at radius 2 is 1.76 bits per heavy atom.